The minimum atomic E-state index is -0.114. The fraction of sp³-hybridized carbons (Fsp3) is 0.600. The fourth-order valence-corrected chi connectivity index (χ4v) is 1.90. The molecule has 0 saturated heterocycles. The van der Waals surface area contributed by atoms with Gasteiger partial charge in [0.2, 0.25) is 0 Å². The summed E-state index contributed by atoms with van der Waals surface area (Å²) in [5.41, 5.74) is -0.114. The molecule has 4 nitrogen and oxygen atoms in total. The zero-order valence-corrected chi connectivity index (χ0v) is 12.0. The van der Waals surface area contributed by atoms with Crippen molar-refractivity contribution in [2.45, 2.75) is 32.2 Å². The highest BCUT2D eigenvalue weighted by molar-refractivity contribution is 9.13. The maximum atomic E-state index is 11.7. The van der Waals surface area contributed by atoms with E-state index in [1.54, 1.807) is 6.20 Å². The molecule has 0 saturated carbocycles. The Bertz CT molecular complexity index is 393. The normalized spacial score (nSPS) is 10.7. The van der Waals surface area contributed by atoms with Gasteiger partial charge in [0.15, 0.2) is 0 Å². The van der Waals surface area contributed by atoms with Crippen LogP contribution in [-0.4, -0.2) is 21.5 Å². The zero-order valence-electron chi connectivity index (χ0n) is 8.83. The quantitative estimate of drug-likeness (QED) is 0.798. The molecule has 90 valence electrons. The number of aliphatic hydroxyl groups is 1. The molecule has 0 aliphatic carbocycles. The molecule has 1 aromatic heterocycles. The highest BCUT2D eigenvalue weighted by Crippen LogP contribution is 2.16. The minimum absolute atomic E-state index is 0.114. The molecule has 0 unspecified atom stereocenters. The van der Waals surface area contributed by atoms with Crippen molar-refractivity contribution in [2.24, 2.45) is 0 Å². The molecule has 0 fully saturated rings. The SMILES string of the molecule is O=c1c(Br)c(Br)cnn1CCCCCCO. The maximum Gasteiger partial charge on any atom is 0.282 e. The van der Waals surface area contributed by atoms with E-state index in [9.17, 15) is 4.79 Å². The first-order valence-corrected chi connectivity index (χ1v) is 6.77. The van der Waals surface area contributed by atoms with Gasteiger partial charge in [0, 0.05) is 13.2 Å². The van der Waals surface area contributed by atoms with Gasteiger partial charge in [-0.15, -0.1) is 0 Å². The van der Waals surface area contributed by atoms with Gasteiger partial charge in [-0.1, -0.05) is 12.8 Å². The van der Waals surface area contributed by atoms with E-state index in [0.717, 1.165) is 25.7 Å². The Kier molecular flexibility index (Phi) is 6.23. The van der Waals surface area contributed by atoms with E-state index >= 15 is 0 Å². The standard InChI is InChI=1S/C10H14Br2N2O2/c11-8-7-13-14(10(16)9(8)12)5-3-1-2-4-6-15/h7,15H,1-6H2. The van der Waals surface area contributed by atoms with Crippen molar-refractivity contribution in [3.63, 3.8) is 0 Å². The zero-order chi connectivity index (χ0) is 12.0. The monoisotopic (exact) mass is 352 g/mol. The number of unbranched alkanes of at least 4 members (excludes halogenated alkanes) is 3. The van der Waals surface area contributed by atoms with Crippen LogP contribution in [0.25, 0.3) is 0 Å². The van der Waals surface area contributed by atoms with E-state index in [1.165, 1.54) is 4.68 Å². The van der Waals surface area contributed by atoms with Crippen LogP contribution in [-0.2, 0) is 6.54 Å². The lowest BCUT2D eigenvalue weighted by Gasteiger charge is -2.05. The Morgan fingerprint density at radius 1 is 1.25 bits per heavy atom. The van der Waals surface area contributed by atoms with Gasteiger partial charge in [-0.25, -0.2) is 4.68 Å². The number of hydrogen-bond acceptors (Lipinski definition) is 3. The molecule has 0 spiro atoms. The van der Waals surface area contributed by atoms with Crippen LogP contribution in [0.5, 0.6) is 0 Å². The topological polar surface area (TPSA) is 55.1 Å². The molecular formula is C10H14Br2N2O2. The third-order valence-electron chi connectivity index (χ3n) is 2.22. The second-order valence-electron chi connectivity index (χ2n) is 3.47. The number of nitrogens with zero attached hydrogens (tertiary/aromatic N) is 2. The number of aryl methyl sites for hydroxylation is 1. The molecule has 0 atom stereocenters. The van der Waals surface area contributed by atoms with Crippen LogP contribution < -0.4 is 5.56 Å². The van der Waals surface area contributed by atoms with Gasteiger partial charge in [-0.2, -0.15) is 5.10 Å². The average molecular weight is 354 g/mol. The number of halogens is 2. The second-order valence-corrected chi connectivity index (χ2v) is 5.12. The fourth-order valence-electron chi connectivity index (χ4n) is 1.33. The van der Waals surface area contributed by atoms with E-state index in [-0.39, 0.29) is 12.2 Å². The lowest BCUT2D eigenvalue weighted by molar-refractivity contribution is 0.282. The van der Waals surface area contributed by atoms with Crippen LogP contribution >= 0.6 is 31.9 Å². The summed E-state index contributed by atoms with van der Waals surface area (Å²) in [7, 11) is 0. The van der Waals surface area contributed by atoms with Gasteiger partial charge in [0.1, 0.15) is 4.47 Å². The van der Waals surface area contributed by atoms with Crippen LogP contribution in [0.3, 0.4) is 0 Å². The number of aromatic nitrogens is 2. The molecule has 0 amide bonds. The van der Waals surface area contributed by atoms with Crippen LogP contribution in [0, 0.1) is 0 Å². The van der Waals surface area contributed by atoms with E-state index in [0.29, 0.717) is 15.5 Å². The lowest BCUT2D eigenvalue weighted by atomic mass is 10.2. The molecule has 1 N–H and O–H groups in total. The second kappa shape index (κ2) is 7.19. The Hall–Kier alpha value is -0.200. The minimum Gasteiger partial charge on any atom is -0.396 e. The van der Waals surface area contributed by atoms with Crippen molar-refractivity contribution in [3.8, 4) is 0 Å². The van der Waals surface area contributed by atoms with Crippen LogP contribution in [0.1, 0.15) is 25.7 Å². The predicted molar refractivity (Wildman–Crippen MR) is 69.5 cm³/mol. The van der Waals surface area contributed by atoms with Gasteiger partial charge < -0.3 is 5.11 Å². The summed E-state index contributed by atoms with van der Waals surface area (Å²) in [6, 6.07) is 0. The molecule has 1 rings (SSSR count). The lowest BCUT2D eigenvalue weighted by Crippen LogP contribution is -2.23. The third kappa shape index (κ3) is 3.99. The Balaban J connectivity index is 2.49. The number of hydrogen-bond donors (Lipinski definition) is 1. The maximum absolute atomic E-state index is 11.7. The van der Waals surface area contributed by atoms with Crippen molar-refractivity contribution < 1.29 is 5.11 Å². The van der Waals surface area contributed by atoms with Crippen molar-refractivity contribution >= 4 is 31.9 Å². The molecule has 6 heteroatoms. The Labute approximate surface area is 111 Å². The van der Waals surface area contributed by atoms with Crippen LogP contribution in [0.2, 0.25) is 0 Å². The molecule has 0 aliphatic rings. The van der Waals surface area contributed by atoms with Crippen molar-refractivity contribution in [3.05, 3.63) is 25.5 Å². The molecule has 1 aromatic rings. The summed E-state index contributed by atoms with van der Waals surface area (Å²) in [4.78, 5) is 11.7. The highest BCUT2D eigenvalue weighted by Gasteiger charge is 2.05. The van der Waals surface area contributed by atoms with E-state index in [2.05, 4.69) is 37.0 Å². The van der Waals surface area contributed by atoms with Gasteiger partial charge >= 0.3 is 0 Å². The Morgan fingerprint density at radius 2 is 1.94 bits per heavy atom. The first-order chi connectivity index (χ1) is 7.66. The van der Waals surface area contributed by atoms with Gasteiger partial charge in [-0.05, 0) is 44.7 Å². The summed E-state index contributed by atoms with van der Waals surface area (Å²) in [5, 5.41) is 12.6. The third-order valence-corrected chi connectivity index (χ3v) is 4.12. The van der Waals surface area contributed by atoms with Crippen molar-refractivity contribution in [2.75, 3.05) is 6.61 Å². The Morgan fingerprint density at radius 3 is 2.62 bits per heavy atom. The molecule has 0 bridgehead atoms. The first kappa shape index (κ1) is 13.9. The molecule has 0 aliphatic heterocycles. The first-order valence-electron chi connectivity index (χ1n) is 5.19. The summed E-state index contributed by atoms with van der Waals surface area (Å²) < 4.78 is 2.64. The van der Waals surface area contributed by atoms with Gasteiger partial charge in [0.25, 0.3) is 5.56 Å². The van der Waals surface area contributed by atoms with E-state index < -0.39 is 0 Å². The summed E-state index contributed by atoms with van der Waals surface area (Å²) in [5.74, 6) is 0. The smallest absolute Gasteiger partial charge is 0.282 e. The average Bonchev–Trinajstić information content (AvgIpc) is 2.28. The highest BCUT2D eigenvalue weighted by atomic mass is 79.9. The number of rotatable bonds is 6. The summed E-state index contributed by atoms with van der Waals surface area (Å²) >= 11 is 6.44. The van der Waals surface area contributed by atoms with Gasteiger partial charge in [0.05, 0.1) is 10.7 Å². The largest absolute Gasteiger partial charge is 0.396 e. The van der Waals surface area contributed by atoms with Gasteiger partial charge in [-0.3, -0.25) is 4.79 Å². The van der Waals surface area contributed by atoms with E-state index in [4.69, 9.17) is 5.11 Å². The summed E-state index contributed by atoms with van der Waals surface area (Å²) in [6.45, 7) is 0.859. The van der Waals surface area contributed by atoms with Crippen molar-refractivity contribution in [1.82, 2.24) is 9.78 Å². The van der Waals surface area contributed by atoms with Crippen molar-refractivity contribution in [1.29, 1.82) is 0 Å². The molecule has 16 heavy (non-hydrogen) atoms. The van der Waals surface area contributed by atoms with Crippen LogP contribution in [0.15, 0.2) is 19.9 Å². The molecule has 0 aromatic carbocycles. The predicted octanol–water partition coefficient (Wildman–Crippen LogP) is 2.32. The number of aliphatic hydroxyl groups excluding tert-OH is 1. The van der Waals surface area contributed by atoms with E-state index in [1.807, 2.05) is 0 Å². The molecular weight excluding hydrogens is 340 g/mol. The molecule has 0 radical (unpaired) electrons. The molecule has 1 heterocycles. The summed E-state index contributed by atoms with van der Waals surface area (Å²) in [6.07, 6.45) is 5.33. The van der Waals surface area contributed by atoms with Crippen LogP contribution in [0.4, 0.5) is 0 Å².